The fourth-order valence-corrected chi connectivity index (χ4v) is 0.582. The summed E-state index contributed by atoms with van der Waals surface area (Å²) >= 11 is 7.21. The van der Waals surface area contributed by atoms with Crippen LogP contribution in [-0.2, 0) is 0 Å². The molecular formula is C8H11NaO3S2. The molecule has 74 valence electrons. The average molecular weight is 242 g/mol. The van der Waals surface area contributed by atoms with Crippen LogP contribution < -0.4 is 4.74 Å². The second-order valence-electron chi connectivity index (χ2n) is 1.98. The Bertz CT molecular complexity index is 260. The van der Waals surface area contributed by atoms with Gasteiger partial charge in [0, 0.05) is 0 Å². The van der Waals surface area contributed by atoms with E-state index in [1.807, 2.05) is 0 Å². The molecule has 0 radical (unpaired) electrons. The van der Waals surface area contributed by atoms with Crippen molar-refractivity contribution in [2.75, 3.05) is 7.11 Å². The van der Waals surface area contributed by atoms with Crippen molar-refractivity contribution in [1.29, 1.82) is 0 Å². The van der Waals surface area contributed by atoms with Gasteiger partial charge in [-0.05, 0) is 36.5 Å². The Hall–Kier alpha value is 0.0600. The van der Waals surface area contributed by atoms with Gasteiger partial charge in [0.05, 0.1) is 7.11 Å². The number of benzene rings is 1. The average Bonchev–Trinajstić information content (AvgIpc) is 2.05. The first kappa shape index (κ1) is 16.5. The second-order valence-corrected chi connectivity index (χ2v) is 3.09. The van der Waals surface area contributed by atoms with E-state index in [9.17, 15) is 0 Å². The summed E-state index contributed by atoms with van der Waals surface area (Å²) < 4.78 is 4.55. The molecule has 0 aromatic heterocycles. The molecule has 0 unspecified atom stereocenters. The third kappa shape index (κ3) is 10.1. The first-order valence-electron chi connectivity index (χ1n) is 3.31. The van der Waals surface area contributed by atoms with Crippen LogP contribution in [0.15, 0.2) is 24.3 Å². The minimum absolute atomic E-state index is 0. The molecule has 0 aliphatic rings. The number of thiol groups is 1. The van der Waals surface area contributed by atoms with Gasteiger partial charge in [-0.15, -0.1) is 0 Å². The third-order valence-electron chi connectivity index (χ3n) is 1.07. The summed E-state index contributed by atoms with van der Waals surface area (Å²) in [5, 5.41) is 16.4. The van der Waals surface area contributed by atoms with E-state index < -0.39 is 0 Å². The van der Waals surface area contributed by atoms with Gasteiger partial charge >= 0.3 is 29.6 Å². The molecule has 0 atom stereocenters. The first-order valence-corrected chi connectivity index (χ1v) is 4.16. The number of phenols is 1. The second kappa shape index (κ2) is 9.61. The summed E-state index contributed by atoms with van der Waals surface area (Å²) in [7, 11) is 1.59. The van der Waals surface area contributed by atoms with Crippen LogP contribution in [-0.4, -0.2) is 51.3 Å². The Labute approximate surface area is 116 Å². The van der Waals surface area contributed by atoms with Crippen LogP contribution in [0.2, 0.25) is 0 Å². The third-order valence-corrected chi connectivity index (χ3v) is 1.07. The van der Waals surface area contributed by atoms with E-state index in [2.05, 4.69) is 24.8 Å². The van der Waals surface area contributed by atoms with Gasteiger partial charge in [-0.1, -0.05) is 12.6 Å². The molecule has 0 aliphatic heterocycles. The van der Waals surface area contributed by atoms with Crippen LogP contribution in [0.3, 0.4) is 0 Å². The normalized spacial score (nSPS) is 7.57. The number of rotatable bonds is 1. The molecule has 2 N–H and O–H groups in total. The number of phenolic OH excluding ortho intramolecular Hbond substituents is 1. The SMILES string of the molecule is COc1ccc(O)cc1.OC(=S)S.[NaH]. The maximum absolute atomic E-state index is 8.80. The summed E-state index contributed by atoms with van der Waals surface area (Å²) in [4.78, 5) is 0. The van der Waals surface area contributed by atoms with Gasteiger partial charge in [-0.2, -0.15) is 0 Å². The van der Waals surface area contributed by atoms with Gasteiger partial charge in [0.1, 0.15) is 11.5 Å². The summed E-state index contributed by atoms with van der Waals surface area (Å²) in [6, 6.07) is 6.57. The molecular weight excluding hydrogens is 231 g/mol. The summed E-state index contributed by atoms with van der Waals surface area (Å²) in [6.45, 7) is 0. The Balaban J connectivity index is 0. The summed E-state index contributed by atoms with van der Waals surface area (Å²) in [5.74, 6) is 1.02. The number of thiocarbonyl (C=S) groups is 1. The van der Waals surface area contributed by atoms with Crippen molar-refractivity contribution in [2.24, 2.45) is 0 Å². The van der Waals surface area contributed by atoms with Crippen molar-refractivity contribution in [3.8, 4) is 11.5 Å². The Morgan fingerprint density at radius 3 is 2.00 bits per heavy atom. The van der Waals surface area contributed by atoms with Gasteiger partial charge in [-0.25, -0.2) is 0 Å². The molecule has 0 saturated heterocycles. The molecule has 0 amide bonds. The van der Waals surface area contributed by atoms with E-state index in [1.54, 1.807) is 31.4 Å². The number of hydrogen-bond donors (Lipinski definition) is 3. The van der Waals surface area contributed by atoms with Crippen molar-refractivity contribution in [1.82, 2.24) is 0 Å². The van der Waals surface area contributed by atoms with Crippen molar-refractivity contribution >= 4 is 58.8 Å². The molecule has 0 spiro atoms. The van der Waals surface area contributed by atoms with E-state index in [0.29, 0.717) is 0 Å². The van der Waals surface area contributed by atoms with Crippen LogP contribution in [0, 0.1) is 0 Å². The molecule has 1 aromatic carbocycles. The molecule has 0 saturated carbocycles. The quantitative estimate of drug-likeness (QED) is 0.397. The molecule has 3 nitrogen and oxygen atoms in total. The van der Waals surface area contributed by atoms with Gasteiger partial charge in [-0.3, -0.25) is 0 Å². The van der Waals surface area contributed by atoms with Crippen LogP contribution in [0.5, 0.6) is 11.5 Å². The van der Waals surface area contributed by atoms with Crippen LogP contribution in [0.4, 0.5) is 0 Å². The van der Waals surface area contributed by atoms with E-state index in [-0.39, 0.29) is 39.7 Å². The Kier molecular flexibility index (Phi) is 11.3. The van der Waals surface area contributed by atoms with E-state index in [1.165, 1.54) is 0 Å². The fourth-order valence-electron chi connectivity index (χ4n) is 0.582. The Morgan fingerprint density at radius 2 is 1.71 bits per heavy atom. The summed E-state index contributed by atoms with van der Waals surface area (Å²) in [5.41, 5.74) is 0. The predicted molar refractivity (Wildman–Crippen MR) is 66.0 cm³/mol. The molecule has 1 rings (SSSR count). The zero-order chi connectivity index (χ0) is 10.3. The Morgan fingerprint density at radius 1 is 1.36 bits per heavy atom. The van der Waals surface area contributed by atoms with Crippen molar-refractivity contribution in [3.63, 3.8) is 0 Å². The molecule has 14 heavy (non-hydrogen) atoms. The summed E-state index contributed by atoms with van der Waals surface area (Å²) in [6.07, 6.45) is 0. The topological polar surface area (TPSA) is 49.7 Å². The van der Waals surface area contributed by atoms with E-state index in [0.717, 1.165) is 5.75 Å². The van der Waals surface area contributed by atoms with Gasteiger partial charge in [0.15, 0.2) is 0 Å². The fraction of sp³-hybridized carbons (Fsp3) is 0.125. The number of aliphatic hydroxyl groups is 1. The predicted octanol–water partition coefficient (Wildman–Crippen LogP) is 1.51. The number of aliphatic hydroxyl groups excluding tert-OH is 1. The first-order chi connectivity index (χ1) is 6.06. The van der Waals surface area contributed by atoms with Crippen LogP contribution in [0.25, 0.3) is 0 Å². The van der Waals surface area contributed by atoms with E-state index in [4.69, 9.17) is 14.9 Å². The number of methoxy groups -OCH3 is 1. The monoisotopic (exact) mass is 242 g/mol. The van der Waals surface area contributed by atoms with Gasteiger partial charge in [0.2, 0.25) is 4.38 Å². The number of hydrogen-bond acceptors (Lipinski definition) is 3. The van der Waals surface area contributed by atoms with Crippen molar-refractivity contribution < 1.29 is 14.9 Å². The van der Waals surface area contributed by atoms with Crippen LogP contribution >= 0.6 is 24.8 Å². The standard InChI is InChI=1S/C7H8O2.CH2OS2.Na.H/c1-9-7-4-2-6(8)3-5-7;2-1(3)4;;/h2-5,8H,1H3;(H2,2,3,4);;. The zero-order valence-corrected chi connectivity index (χ0v) is 8.68. The van der Waals surface area contributed by atoms with Crippen LogP contribution in [0.1, 0.15) is 0 Å². The molecule has 0 bridgehead atoms. The minimum atomic E-state index is -0.306. The molecule has 0 fully saturated rings. The number of aromatic hydroxyl groups is 1. The molecule has 6 heteroatoms. The molecule has 1 aromatic rings. The van der Waals surface area contributed by atoms with Crippen molar-refractivity contribution in [2.45, 2.75) is 0 Å². The molecule has 0 aliphatic carbocycles. The van der Waals surface area contributed by atoms with Crippen molar-refractivity contribution in [3.05, 3.63) is 24.3 Å². The molecule has 0 heterocycles. The van der Waals surface area contributed by atoms with Gasteiger partial charge < -0.3 is 14.9 Å². The van der Waals surface area contributed by atoms with Gasteiger partial charge in [0.25, 0.3) is 0 Å². The zero-order valence-electron chi connectivity index (χ0n) is 6.97. The maximum atomic E-state index is 8.80. The van der Waals surface area contributed by atoms with E-state index >= 15 is 0 Å². The number of ether oxygens (including phenoxy) is 1.